The summed E-state index contributed by atoms with van der Waals surface area (Å²) in [5, 5.41) is 5.56. The van der Waals surface area contributed by atoms with Crippen molar-refractivity contribution in [3.05, 3.63) is 90.0 Å². The molecular weight excluding hydrogens is 462 g/mol. The van der Waals surface area contributed by atoms with Crippen molar-refractivity contribution >= 4 is 33.2 Å². The number of anilines is 2. The van der Waals surface area contributed by atoms with E-state index in [1.807, 2.05) is 26.0 Å². The van der Waals surface area contributed by atoms with E-state index in [0.717, 1.165) is 29.1 Å². The molecule has 0 heterocycles. The Kier molecular flexibility index (Phi) is 9.03. The van der Waals surface area contributed by atoms with E-state index in [9.17, 15) is 18.0 Å². The minimum atomic E-state index is -4.01. The molecule has 35 heavy (non-hydrogen) atoms. The second-order valence-electron chi connectivity index (χ2n) is 8.05. The topological polar surface area (TPSA) is 95.6 Å². The van der Waals surface area contributed by atoms with Crippen molar-refractivity contribution in [3.63, 3.8) is 0 Å². The number of rotatable bonds is 11. The summed E-state index contributed by atoms with van der Waals surface area (Å²) in [6.07, 6.45) is 2.61. The van der Waals surface area contributed by atoms with E-state index in [1.54, 1.807) is 54.6 Å². The number of nitrogens with one attached hydrogen (secondary N) is 2. The number of carbonyl (C=O) groups excluding carboxylic acids is 2. The summed E-state index contributed by atoms with van der Waals surface area (Å²) in [6.45, 7) is 4.13. The van der Waals surface area contributed by atoms with Gasteiger partial charge < -0.3 is 10.6 Å². The quantitative estimate of drug-likeness (QED) is 0.381. The molecule has 2 amide bonds. The Hall–Kier alpha value is -3.65. The third kappa shape index (κ3) is 6.70. The normalized spacial score (nSPS) is 11.0. The summed E-state index contributed by atoms with van der Waals surface area (Å²) < 4.78 is 28.0. The summed E-state index contributed by atoms with van der Waals surface area (Å²) in [5.74, 6) is -0.851. The summed E-state index contributed by atoms with van der Waals surface area (Å²) in [6, 6.07) is 21.7. The monoisotopic (exact) mass is 493 g/mol. The smallest absolute Gasteiger partial charge is 0.264 e. The first-order chi connectivity index (χ1) is 16.9. The highest BCUT2D eigenvalue weighted by atomic mass is 32.2. The zero-order valence-corrected chi connectivity index (χ0v) is 20.8. The number of carbonyl (C=O) groups is 2. The maximum absolute atomic E-state index is 13.5. The van der Waals surface area contributed by atoms with Gasteiger partial charge in [-0.25, -0.2) is 8.42 Å². The number of hydrogen-bond acceptors (Lipinski definition) is 4. The highest BCUT2D eigenvalue weighted by molar-refractivity contribution is 7.92. The summed E-state index contributed by atoms with van der Waals surface area (Å²) in [5.41, 5.74) is 2.08. The third-order valence-corrected chi connectivity index (χ3v) is 7.30. The minimum absolute atomic E-state index is 0.0862. The Morgan fingerprint density at radius 1 is 0.857 bits per heavy atom. The molecule has 3 aromatic rings. The van der Waals surface area contributed by atoms with Gasteiger partial charge in [0, 0.05) is 6.54 Å². The number of amides is 2. The second-order valence-corrected chi connectivity index (χ2v) is 9.91. The van der Waals surface area contributed by atoms with Gasteiger partial charge in [0.05, 0.1) is 21.8 Å². The molecule has 0 aliphatic carbocycles. The molecule has 0 bridgehead atoms. The molecule has 0 aliphatic rings. The Labute approximate surface area is 207 Å². The first-order valence-electron chi connectivity index (χ1n) is 11.7. The standard InChI is InChI=1S/C27H31N3O4S/c1-3-5-19-28-27(32)24-13-9-10-14-25(24)29-26(31)20-30(22-17-15-21(4-2)16-18-22)35(33,34)23-11-7-6-8-12-23/h6-18H,3-5,19-20H2,1-2H3,(H,28,32)(H,29,31). The highest BCUT2D eigenvalue weighted by Crippen LogP contribution is 2.25. The van der Waals surface area contributed by atoms with Crippen LogP contribution < -0.4 is 14.9 Å². The molecule has 0 aromatic heterocycles. The van der Waals surface area contributed by atoms with Crippen molar-refractivity contribution in [1.29, 1.82) is 0 Å². The van der Waals surface area contributed by atoms with Crippen molar-refractivity contribution < 1.29 is 18.0 Å². The first-order valence-corrected chi connectivity index (χ1v) is 13.1. The van der Waals surface area contributed by atoms with Gasteiger partial charge in [-0.15, -0.1) is 0 Å². The zero-order chi connectivity index (χ0) is 25.3. The van der Waals surface area contributed by atoms with E-state index in [1.165, 1.54) is 12.1 Å². The molecule has 2 N–H and O–H groups in total. The molecule has 0 saturated carbocycles. The van der Waals surface area contributed by atoms with Gasteiger partial charge in [0.15, 0.2) is 0 Å². The number of unbranched alkanes of at least 4 members (excludes halogenated alkanes) is 1. The lowest BCUT2D eigenvalue weighted by Crippen LogP contribution is -2.38. The van der Waals surface area contributed by atoms with Crippen molar-refractivity contribution in [2.24, 2.45) is 0 Å². The minimum Gasteiger partial charge on any atom is -0.352 e. The maximum Gasteiger partial charge on any atom is 0.264 e. The Balaban J connectivity index is 1.87. The molecule has 0 saturated heterocycles. The van der Waals surface area contributed by atoms with Gasteiger partial charge in [0.1, 0.15) is 6.54 Å². The Morgan fingerprint density at radius 2 is 1.51 bits per heavy atom. The van der Waals surface area contributed by atoms with E-state index >= 15 is 0 Å². The van der Waals surface area contributed by atoms with Crippen LogP contribution in [-0.4, -0.2) is 33.3 Å². The Morgan fingerprint density at radius 3 is 2.17 bits per heavy atom. The van der Waals surface area contributed by atoms with Gasteiger partial charge in [0.25, 0.3) is 15.9 Å². The van der Waals surface area contributed by atoms with Crippen LogP contribution in [0.3, 0.4) is 0 Å². The van der Waals surface area contributed by atoms with E-state index in [-0.39, 0.29) is 10.8 Å². The molecule has 0 fully saturated rings. The zero-order valence-electron chi connectivity index (χ0n) is 20.0. The van der Waals surface area contributed by atoms with Gasteiger partial charge in [-0.3, -0.25) is 13.9 Å². The van der Waals surface area contributed by atoms with Crippen LogP contribution in [0.1, 0.15) is 42.6 Å². The predicted octanol–water partition coefficient (Wildman–Crippen LogP) is 4.61. The summed E-state index contributed by atoms with van der Waals surface area (Å²) in [4.78, 5) is 25.8. The SMILES string of the molecule is CCCCNC(=O)c1ccccc1NC(=O)CN(c1ccc(CC)cc1)S(=O)(=O)c1ccccc1. The van der Waals surface area contributed by atoms with Gasteiger partial charge in [-0.05, 0) is 54.8 Å². The van der Waals surface area contributed by atoms with Crippen LogP contribution in [0.25, 0.3) is 0 Å². The number of benzene rings is 3. The first kappa shape index (κ1) is 26.0. The second kappa shape index (κ2) is 12.2. The largest absolute Gasteiger partial charge is 0.352 e. The molecule has 0 spiro atoms. The molecule has 3 aromatic carbocycles. The number of para-hydroxylation sites is 1. The molecule has 0 unspecified atom stereocenters. The lowest BCUT2D eigenvalue weighted by Gasteiger charge is -2.24. The molecule has 0 aliphatic heterocycles. The Bertz CT molecular complexity index is 1240. The molecular formula is C27H31N3O4S. The lowest BCUT2D eigenvalue weighted by atomic mass is 10.1. The molecule has 7 nitrogen and oxygen atoms in total. The van der Waals surface area contributed by atoms with Gasteiger partial charge in [-0.2, -0.15) is 0 Å². The highest BCUT2D eigenvalue weighted by Gasteiger charge is 2.27. The van der Waals surface area contributed by atoms with Crippen molar-refractivity contribution in [1.82, 2.24) is 5.32 Å². The van der Waals surface area contributed by atoms with Crippen LogP contribution in [-0.2, 0) is 21.2 Å². The molecule has 184 valence electrons. The van der Waals surface area contributed by atoms with Crippen molar-refractivity contribution in [2.75, 3.05) is 22.7 Å². The number of aryl methyl sites for hydroxylation is 1. The number of nitrogens with zero attached hydrogens (tertiary/aromatic N) is 1. The predicted molar refractivity (Wildman–Crippen MR) is 139 cm³/mol. The van der Waals surface area contributed by atoms with Gasteiger partial charge in [0.2, 0.25) is 5.91 Å². The summed E-state index contributed by atoms with van der Waals surface area (Å²) in [7, 11) is -4.01. The van der Waals surface area contributed by atoms with E-state index in [0.29, 0.717) is 23.5 Å². The molecule has 3 rings (SSSR count). The van der Waals surface area contributed by atoms with Gasteiger partial charge >= 0.3 is 0 Å². The van der Waals surface area contributed by atoms with Crippen molar-refractivity contribution in [3.8, 4) is 0 Å². The number of hydrogen-bond donors (Lipinski definition) is 2. The van der Waals surface area contributed by atoms with Gasteiger partial charge in [-0.1, -0.05) is 62.7 Å². The fraction of sp³-hybridized carbons (Fsp3) is 0.259. The maximum atomic E-state index is 13.5. The van der Waals surface area contributed by atoms with Crippen LogP contribution in [0, 0.1) is 0 Å². The molecule has 0 radical (unpaired) electrons. The van der Waals surface area contributed by atoms with E-state index < -0.39 is 22.5 Å². The fourth-order valence-corrected chi connectivity index (χ4v) is 4.96. The van der Waals surface area contributed by atoms with Crippen LogP contribution >= 0.6 is 0 Å². The third-order valence-electron chi connectivity index (χ3n) is 5.51. The molecule has 0 atom stereocenters. The average Bonchev–Trinajstić information content (AvgIpc) is 2.88. The van der Waals surface area contributed by atoms with Crippen LogP contribution in [0.15, 0.2) is 83.8 Å². The number of sulfonamides is 1. The van der Waals surface area contributed by atoms with Crippen LogP contribution in [0.2, 0.25) is 0 Å². The fourth-order valence-electron chi connectivity index (χ4n) is 3.52. The van der Waals surface area contributed by atoms with E-state index in [4.69, 9.17) is 0 Å². The average molecular weight is 494 g/mol. The van der Waals surface area contributed by atoms with Crippen LogP contribution in [0.4, 0.5) is 11.4 Å². The summed E-state index contributed by atoms with van der Waals surface area (Å²) >= 11 is 0. The van der Waals surface area contributed by atoms with Crippen molar-refractivity contribution in [2.45, 2.75) is 38.0 Å². The lowest BCUT2D eigenvalue weighted by molar-refractivity contribution is -0.114. The van der Waals surface area contributed by atoms with E-state index in [2.05, 4.69) is 10.6 Å². The molecule has 8 heteroatoms. The van der Waals surface area contributed by atoms with Crippen LogP contribution in [0.5, 0.6) is 0 Å².